The Balaban J connectivity index is 2.25. The zero-order valence-electron chi connectivity index (χ0n) is 10.4. The number of fused-ring (bicyclic) bond motifs is 1. The molecule has 3 heterocycles. The van der Waals surface area contributed by atoms with Crippen molar-refractivity contribution in [1.82, 2.24) is 15.0 Å². The van der Waals surface area contributed by atoms with Crippen LogP contribution in [0, 0.1) is 0 Å². The number of hydrogen-bond donors (Lipinski definition) is 1. The number of pyridine rings is 2. The van der Waals surface area contributed by atoms with Crippen molar-refractivity contribution in [2.75, 3.05) is 0 Å². The van der Waals surface area contributed by atoms with Gasteiger partial charge in [0.1, 0.15) is 0 Å². The van der Waals surface area contributed by atoms with Crippen LogP contribution in [0.5, 0.6) is 0 Å². The molecule has 0 aliphatic carbocycles. The minimum Gasteiger partial charge on any atom is -0.353 e. The summed E-state index contributed by atoms with van der Waals surface area (Å²) < 4.78 is 0. The van der Waals surface area contributed by atoms with Crippen LogP contribution in [0.1, 0.15) is 11.3 Å². The average molecular weight is 247 g/mol. The molecule has 0 aliphatic heterocycles. The SMILES string of the molecule is C=Cc1[nH]c2cnc(-c3ccccn3)cc2c1C=C. The molecule has 0 fully saturated rings. The number of nitrogens with zero attached hydrogens (tertiary/aromatic N) is 2. The second-order valence-electron chi connectivity index (χ2n) is 4.19. The first-order valence-corrected chi connectivity index (χ1v) is 6.01. The van der Waals surface area contributed by atoms with Gasteiger partial charge in [-0.2, -0.15) is 0 Å². The third kappa shape index (κ3) is 1.85. The predicted octanol–water partition coefficient (Wildman–Crippen LogP) is 3.91. The molecule has 0 saturated carbocycles. The number of nitrogens with one attached hydrogen (secondary N) is 1. The first-order valence-electron chi connectivity index (χ1n) is 6.01. The van der Waals surface area contributed by atoms with E-state index < -0.39 is 0 Å². The molecule has 0 amide bonds. The lowest BCUT2D eigenvalue weighted by Crippen LogP contribution is -1.86. The molecule has 1 N–H and O–H groups in total. The zero-order valence-corrected chi connectivity index (χ0v) is 10.4. The monoisotopic (exact) mass is 247 g/mol. The lowest BCUT2D eigenvalue weighted by atomic mass is 10.1. The highest BCUT2D eigenvalue weighted by atomic mass is 14.8. The van der Waals surface area contributed by atoms with E-state index >= 15 is 0 Å². The van der Waals surface area contributed by atoms with Gasteiger partial charge in [0.25, 0.3) is 0 Å². The number of aromatic nitrogens is 3. The van der Waals surface area contributed by atoms with Crippen molar-refractivity contribution in [3.63, 3.8) is 0 Å². The van der Waals surface area contributed by atoms with Crippen molar-refractivity contribution in [2.45, 2.75) is 0 Å². The summed E-state index contributed by atoms with van der Waals surface area (Å²) >= 11 is 0. The van der Waals surface area contributed by atoms with Crippen molar-refractivity contribution in [3.05, 3.63) is 61.1 Å². The van der Waals surface area contributed by atoms with Gasteiger partial charge in [-0.25, -0.2) is 0 Å². The Morgan fingerprint density at radius 3 is 2.63 bits per heavy atom. The Hall–Kier alpha value is -2.68. The van der Waals surface area contributed by atoms with E-state index in [1.54, 1.807) is 12.3 Å². The Labute approximate surface area is 111 Å². The van der Waals surface area contributed by atoms with Crippen LogP contribution >= 0.6 is 0 Å². The summed E-state index contributed by atoms with van der Waals surface area (Å²) in [7, 11) is 0. The Morgan fingerprint density at radius 2 is 1.95 bits per heavy atom. The molecule has 0 aliphatic rings. The molecule has 3 rings (SSSR count). The summed E-state index contributed by atoms with van der Waals surface area (Å²) in [4.78, 5) is 12.0. The van der Waals surface area contributed by atoms with Crippen molar-refractivity contribution >= 4 is 23.1 Å². The smallest absolute Gasteiger partial charge is 0.0893 e. The fourth-order valence-corrected chi connectivity index (χ4v) is 2.17. The van der Waals surface area contributed by atoms with Crippen molar-refractivity contribution in [2.24, 2.45) is 0 Å². The molecule has 0 atom stereocenters. The minimum absolute atomic E-state index is 0.853. The minimum atomic E-state index is 0.853. The highest BCUT2D eigenvalue weighted by Crippen LogP contribution is 2.27. The lowest BCUT2D eigenvalue weighted by Gasteiger charge is -2.00. The summed E-state index contributed by atoms with van der Waals surface area (Å²) in [6.07, 6.45) is 7.21. The number of hydrogen-bond acceptors (Lipinski definition) is 2. The van der Waals surface area contributed by atoms with E-state index in [0.717, 1.165) is 33.5 Å². The van der Waals surface area contributed by atoms with Gasteiger partial charge in [-0.3, -0.25) is 9.97 Å². The third-order valence-electron chi connectivity index (χ3n) is 3.09. The summed E-state index contributed by atoms with van der Waals surface area (Å²) in [5, 5.41) is 1.08. The molecule has 0 unspecified atom stereocenters. The van der Waals surface area contributed by atoms with Gasteiger partial charge in [0.05, 0.1) is 23.1 Å². The molecule has 0 aromatic carbocycles. The van der Waals surface area contributed by atoms with E-state index in [1.807, 2.05) is 36.5 Å². The Kier molecular flexibility index (Phi) is 2.72. The van der Waals surface area contributed by atoms with Crippen LogP contribution in [0.15, 0.2) is 49.8 Å². The van der Waals surface area contributed by atoms with Gasteiger partial charge in [-0.1, -0.05) is 25.3 Å². The van der Waals surface area contributed by atoms with Gasteiger partial charge < -0.3 is 4.98 Å². The first-order chi connectivity index (χ1) is 9.33. The van der Waals surface area contributed by atoms with Crippen LogP contribution in [0.25, 0.3) is 34.4 Å². The summed E-state index contributed by atoms with van der Waals surface area (Å²) in [5.41, 5.74) is 4.70. The molecule has 3 aromatic heterocycles. The molecule has 0 spiro atoms. The van der Waals surface area contributed by atoms with Crippen LogP contribution < -0.4 is 0 Å². The molecule has 3 aromatic rings. The topological polar surface area (TPSA) is 41.6 Å². The number of H-pyrrole nitrogens is 1. The third-order valence-corrected chi connectivity index (χ3v) is 3.09. The average Bonchev–Trinajstić information content (AvgIpc) is 2.84. The van der Waals surface area contributed by atoms with Crippen LogP contribution in [0.3, 0.4) is 0 Å². The molecule has 3 heteroatoms. The molecule has 3 nitrogen and oxygen atoms in total. The molecule has 0 saturated heterocycles. The van der Waals surface area contributed by atoms with E-state index in [1.165, 1.54) is 0 Å². The van der Waals surface area contributed by atoms with Crippen LogP contribution in [0.4, 0.5) is 0 Å². The van der Waals surface area contributed by atoms with Gasteiger partial charge in [-0.05, 0) is 24.3 Å². The maximum Gasteiger partial charge on any atom is 0.0893 e. The summed E-state index contributed by atoms with van der Waals surface area (Å²) in [5.74, 6) is 0. The number of aromatic amines is 1. The van der Waals surface area contributed by atoms with Gasteiger partial charge in [0, 0.05) is 22.8 Å². The van der Waals surface area contributed by atoms with Crippen LogP contribution in [-0.4, -0.2) is 15.0 Å². The van der Waals surface area contributed by atoms with Crippen LogP contribution in [-0.2, 0) is 0 Å². The lowest BCUT2D eigenvalue weighted by molar-refractivity contribution is 1.25. The molecule has 0 bridgehead atoms. The van der Waals surface area contributed by atoms with Crippen molar-refractivity contribution < 1.29 is 0 Å². The highest BCUT2D eigenvalue weighted by Gasteiger charge is 2.09. The maximum absolute atomic E-state index is 4.44. The molecular formula is C16H13N3. The van der Waals surface area contributed by atoms with Gasteiger partial charge in [0.15, 0.2) is 0 Å². The maximum atomic E-state index is 4.44. The second kappa shape index (κ2) is 4.53. The summed E-state index contributed by atoms with van der Waals surface area (Å²) in [6.45, 7) is 7.66. The quantitative estimate of drug-likeness (QED) is 0.762. The van der Waals surface area contributed by atoms with E-state index in [9.17, 15) is 0 Å². The van der Waals surface area contributed by atoms with E-state index in [0.29, 0.717) is 0 Å². The largest absolute Gasteiger partial charge is 0.353 e. The Morgan fingerprint density at radius 1 is 1.05 bits per heavy atom. The molecule has 0 radical (unpaired) electrons. The van der Waals surface area contributed by atoms with Crippen molar-refractivity contribution in [3.8, 4) is 11.4 Å². The normalized spacial score (nSPS) is 10.5. The van der Waals surface area contributed by atoms with Gasteiger partial charge in [0.2, 0.25) is 0 Å². The van der Waals surface area contributed by atoms with Crippen LogP contribution in [0.2, 0.25) is 0 Å². The fourth-order valence-electron chi connectivity index (χ4n) is 2.17. The molecule has 19 heavy (non-hydrogen) atoms. The zero-order chi connectivity index (χ0) is 13.2. The fraction of sp³-hybridized carbons (Fsp3) is 0. The van der Waals surface area contributed by atoms with E-state index in [4.69, 9.17) is 0 Å². The van der Waals surface area contributed by atoms with E-state index in [2.05, 4.69) is 28.1 Å². The standard InChI is InChI=1S/C16H13N3/c1-3-11-12-9-15(14-7-5-6-8-17-14)18-10-16(12)19-13(11)4-2/h3-10,19H,1-2H2. The first kappa shape index (κ1) is 11.4. The highest BCUT2D eigenvalue weighted by molar-refractivity contribution is 5.94. The number of rotatable bonds is 3. The second-order valence-corrected chi connectivity index (χ2v) is 4.19. The summed E-state index contributed by atoms with van der Waals surface area (Å²) in [6, 6.07) is 7.82. The van der Waals surface area contributed by atoms with E-state index in [-0.39, 0.29) is 0 Å². The molecule has 92 valence electrons. The predicted molar refractivity (Wildman–Crippen MR) is 79.5 cm³/mol. The Bertz CT molecular complexity index is 754. The van der Waals surface area contributed by atoms with Crippen molar-refractivity contribution in [1.29, 1.82) is 0 Å². The van der Waals surface area contributed by atoms with Gasteiger partial charge in [-0.15, -0.1) is 0 Å². The molecular weight excluding hydrogens is 234 g/mol. The van der Waals surface area contributed by atoms with Gasteiger partial charge >= 0.3 is 0 Å².